The van der Waals surface area contributed by atoms with Crippen molar-refractivity contribution in [1.29, 1.82) is 0 Å². The minimum atomic E-state index is 0.167. The average molecular weight is 258 g/mol. The highest BCUT2D eigenvalue weighted by atomic mass is 16.1. The number of hydrogen-bond acceptors (Lipinski definition) is 2. The summed E-state index contributed by atoms with van der Waals surface area (Å²) < 4.78 is 0. The Morgan fingerprint density at radius 1 is 1.26 bits per heavy atom. The molecule has 19 heavy (non-hydrogen) atoms. The number of carbonyl (C=O) groups is 1. The van der Waals surface area contributed by atoms with Gasteiger partial charge in [0.25, 0.3) is 0 Å². The van der Waals surface area contributed by atoms with E-state index in [1.165, 1.54) is 18.4 Å². The van der Waals surface area contributed by atoms with E-state index in [-0.39, 0.29) is 5.91 Å². The molecule has 2 aliphatic rings. The van der Waals surface area contributed by atoms with Crippen molar-refractivity contribution in [3.63, 3.8) is 0 Å². The molecule has 3 nitrogen and oxygen atoms in total. The summed E-state index contributed by atoms with van der Waals surface area (Å²) in [5.74, 6) is 0.167. The van der Waals surface area contributed by atoms with E-state index in [2.05, 4.69) is 23.6 Å². The fraction of sp³-hybridized carbons (Fsp3) is 0.562. The largest absolute Gasteiger partial charge is 0.353 e. The van der Waals surface area contributed by atoms with Crippen LogP contribution in [0.1, 0.15) is 36.8 Å². The summed E-state index contributed by atoms with van der Waals surface area (Å²) >= 11 is 0. The highest BCUT2D eigenvalue weighted by Gasteiger charge is 2.33. The zero-order chi connectivity index (χ0) is 13.2. The molecule has 1 aromatic rings. The van der Waals surface area contributed by atoms with Crippen molar-refractivity contribution in [2.75, 3.05) is 0 Å². The van der Waals surface area contributed by atoms with Gasteiger partial charge in [-0.15, -0.1) is 0 Å². The van der Waals surface area contributed by atoms with Crippen molar-refractivity contribution in [3.8, 4) is 0 Å². The van der Waals surface area contributed by atoms with E-state index in [4.69, 9.17) is 0 Å². The normalized spacial score (nSPS) is 29.2. The van der Waals surface area contributed by atoms with Crippen LogP contribution in [0.25, 0.3) is 0 Å². The molecule has 0 spiro atoms. The number of carbonyl (C=O) groups excluding carboxylic acids is 1. The number of nitrogens with one attached hydrogen (secondary N) is 2. The third-order valence-electron chi connectivity index (χ3n) is 4.45. The average Bonchev–Trinajstić information content (AvgIpc) is 2.72. The fourth-order valence-corrected chi connectivity index (χ4v) is 3.44. The molecule has 3 rings (SSSR count). The van der Waals surface area contributed by atoms with E-state index in [1.54, 1.807) is 0 Å². The molecule has 0 saturated carbocycles. The van der Waals surface area contributed by atoms with Crippen molar-refractivity contribution in [2.45, 2.75) is 57.2 Å². The molecule has 0 aliphatic carbocycles. The van der Waals surface area contributed by atoms with E-state index >= 15 is 0 Å². The van der Waals surface area contributed by atoms with Gasteiger partial charge in [-0.25, -0.2) is 0 Å². The van der Waals surface area contributed by atoms with Crippen molar-refractivity contribution >= 4 is 5.91 Å². The fourth-order valence-electron chi connectivity index (χ4n) is 3.44. The van der Waals surface area contributed by atoms with E-state index in [0.717, 1.165) is 18.4 Å². The SMILES string of the molecule is Cc1ccccc1CC(=O)NC1CC2CCC(C1)N2. The Morgan fingerprint density at radius 2 is 1.95 bits per heavy atom. The molecule has 1 aromatic carbocycles. The molecular weight excluding hydrogens is 236 g/mol. The van der Waals surface area contributed by atoms with Crippen LogP contribution in [0.15, 0.2) is 24.3 Å². The first-order valence-electron chi connectivity index (χ1n) is 7.30. The lowest BCUT2D eigenvalue weighted by molar-refractivity contribution is -0.121. The molecule has 1 amide bonds. The highest BCUT2D eigenvalue weighted by molar-refractivity contribution is 5.79. The zero-order valence-electron chi connectivity index (χ0n) is 11.5. The van der Waals surface area contributed by atoms with Gasteiger partial charge in [-0.1, -0.05) is 24.3 Å². The van der Waals surface area contributed by atoms with Gasteiger partial charge in [0.2, 0.25) is 5.91 Å². The number of amides is 1. The van der Waals surface area contributed by atoms with E-state index in [0.29, 0.717) is 24.5 Å². The van der Waals surface area contributed by atoms with Crippen molar-refractivity contribution < 1.29 is 4.79 Å². The molecule has 3 heteroatoms. The molecule has 2 saturated heterocycles. The molecule has 2 aliphatic heterocycles. The number of piperidine rings is 1. The summed E-state index contributed by atoms with van der Waals surface area (Å²) in [6.07, 6.45) is 5.24. The van der Waals surface area contributed by atoms with Crippen molar-refractivity contribution in [2.24, 2.45) is 0 Å². The minimum absolute atomic E-state index is 0.167. The van der Waals surface area contributed by atoms with Crippen LogP contribution in [0.2, 0.25) is 0 Å². The standard InChI is InChI=1S/C16H22N2O/c1-11-4-2-3-5-12(11)8-16(19)18-15-9-13-6-7-14(10-15)17-13/h2-5,13-15,17H,6-10H2,1H3,(H,18,19). The number of fused-ring (bicyclic) bond motifs is 2. The summed E-state index contributed by atoms with van der Waals surface area (Å²) in [6, 6.07) is 9.75. The Hall–Kier alpha value is -1.35. The Morgan fingerprint density at radius 3 is 2.63 bits per heavy atom. The van der Waals surface area contributed by atoms with Gasteiger partial charge >= 0.3 is 0 Å². The molecule has 2 bridgehead atoms. The first kappa shape index (κ1) is 12.7. The van der Waals surface area contributed by atoms with Crippen LogP contribution < -0.4 is 10.6 Å². The smallest absolute Gasteiger partial charge is 0.224 e. The van der Waals surface area contributed by atoms with Crippen LogP contribution in [-0.2, 0) is 11.2 Å². The van der Waals surface area contributed by atoms with Gasteiger partial charge < -0.3 is 10.6 Å². The van der Waals surface area contributed by atoms with Gasteiger partial charge in [-0.2, -0.15) is 0 Å². The van der Waals surface area contributed by atoms with Gasteiger partial charge in [0, 0.05) is 18.1 Å². The topological polar surface area (TPSA) is 41.1 Å². The van der Waals surface area contributed by atoms with Gasteiger partial charge in [-0.3, -0.25) is 4.79 Å². The van der Waals surface area contributed by atoms with Crippen LogP contribution in [-0.4, -0.2) is 24.0 Å². The summed E-state index contributed by atoms with van der Waals surface area (Å²) in [4.78, 5) is 12.1. The molecule has 2 heterocycles. The lowest BCUT2D eigenvalue weighted by atomic mass is 9.99. The second-order valence-electron chi connectivity index (χ2n) is 5.98. The third-order valence-corrected chi connectivity index (χ3v) is 4.45. The quantitative estimate of drug-likeness (QED) is 0.870. The lowest BCUT2D eigenvalue weighted by Gasteiger charge is -2.29. The third kappa shape index (κ3) is 2.98. The maximum atomic E-state index is 12.1. The molecule has 0 radical (unpaired) electrons. The Labute approximate surface area is 114 Å². The second kappa shape index (κ2) is 5.33. The molecule has 2 atom stereocenters. The highest BCUT2D eigenvalue weighted by Crippen LogP contribution is 2.26. The summed E-state index contributed by atoms with van der Waals surface area (Å²) in [5, 5.41) is 6.82. The Balaban J connectivity index is 1.56. The molecule has 2 unspecified atom stereocenters. The van der Waals surface area contributed by atoms with Crippen LogP contribution in [0.5, 0.6) is 0 Å². The molecule has 102 valence electrons. The second-order valence-corrected chi connectivity index (χ2v) is 5.98. The van der Waals surface area contributed by atoms with Crippen LogP contribution in [0.3, 0.4) is 0 Å². The first-order chi connectivity index (χ1) is 9.20. The summed E-state index contributed by atoms with van der Waals surface area (Å²) in [7, 11) is 0. The van der Waals surface area contributed by atoms with Gasteiger partial charge in [0.15, 0.2) is 0 Å². The van der Waals surface area contributed by atoms with Gasteiger partial charge in [0.1, 0.15) is 0 Å². The predicted octanol–water partition coefficient (Wildman–Crippen LogP) is 1.94. The zero-order valence-corrected chi connectivity index (χ0v) is 11.5. The Bertz CT molecular complexity index is 460. The van der Waals surface area contributed by atoms with E-state index in [9.17, 15) is 4.79 Å². The molecule has 2 fully saturated rings. The monoisotopic (exact) mass is 258 g/mol. The lowest BCUT2D eigenvalue weighted by Crippen LogP contribution is -2.48. The summed E-state index contributed by atoms with van der Waals surface area (Å²) in [6.45, 7) is 2.06. The number of benzene rings is 1. The van der Waals surface area contributed by atoms with Gasteiger partial charge in [-0.05, 0) is 43.7 Å². The van der Waals surface area contributed by atoms with Crippen LogP contribution in [0, 0.1) is 6.92 Å². The van der Waals surface area contributed by atoms with Gasteiger partial charge in [0.05, 0.1) is 6.42 Å². The molecule has 0 aromatic heterocycles. The Kier molecular flexibility index (Phi) is 3.56. The van der Waals surface area contributed by atoms with Crippen molar-refractivity contribution in [1.82, 2.24) is 10.6 Å². The van der Waals surface area contributed by atoms with Crippen LogP contribution >= 0.6 is 0 Å². The number of rotatable bonds is 3. The summed E-state index contributed by atoms with van der Waals surface area (Å²) in [5.41, 5.74) is 2.33. The predicted molar refractivity (Wildman–Crippen MR) is 76.0 cm³/mol. The maximum absolute atomic E-state index is 12.1. The molecule has 2 N–H and O–H groups in total. The molecular formula is C16H22N2O. The van der Waals surface area contributed by atoms with E-state index < -0.39 is 0 Å². The van der Waals surface area contributed by atoms with Crippen LogP contribution in [0.4, 0.5) is 0 Å². The number of hydrogen-bond donors (Lipinski definition) is 2. The first-order valence-corrected chi connectivity index (χ1v) is 7.30. The minimum Gasteiger partial charge on any atom is -0.353 e. The number of aryl methyl sites for hydroxylation is 1. The van der Waals surface area contributed by atoms with Crippen molar-refractivity contribution in [3.05, 3.63) is 35.4 Å². The maximum Gasteiger partial charge on any atom is 0.224 e. The van der Waals surface area contributed by atoms with E-state index in [1.807, 2.05) is 18.2 Å².